The van der Waals surface area contributed by atoms with Crippen LogP contribution in [0.4, 0.5) is 37.1 Å². The second-order valence-corrected chi connectivity index (χ2v) is 12.8. The van der Waals surface area contributed by atoms with Crippen LogP contribution in [0.2, 0.25) is 0 Å². The summed E-state index contributed by atoms with van der Waals surface area (Å²) in [6.07, 6.45) is -1.75. The number of amides is 1. The zero-order chi connectivity index (χ0) is 35.7. The minimum atomic E-state index is -5.00. The average Bonchev–Trinajstić information content (AvgIpc) is 3.48. The number of carbonyl (C=O) groups is 2. The highest BCUT2D eigenvalue weighted by Crippen LogP contribution is 2.38. The first-order valence-corrected chi connectivity index (χ1v) is 16.0. The maximum atomic E-state index is 13.7. The molecular formula is C33H38F6N6O4. The molecule has 1 saturated heterocycles. The van der Waals surface area contributed by atoms with E-state index < -0.39 is 47.7 Å². The Morgan fingerprint density at radius 3 is 1.94 bits per heavy atom. The molecule has 0 N–H and O–H groups in total. The molecule has 0 radical (unpaired) electrons. The smallest absolute Gasteiger partial charge is 0.416 e. The molecular weight excluding hydrogens is 658 g/mol. The Labute approximate surface area is 279 Å². The van der Waals surface area contributed by atoms with E-state index in [1.807, 2.05) is 13.8 Å². The number of carbonyl (C=O) groups excluding carboxylic acids is 2. The molecule has 16 heteroatoms. The molecule has 266 valence electrons. The van der Waals surface area contributed by atoms with Gasteiger partial charge in [-0.05, 0) is 76.1 Å². The van der Waals surface area contributed by atoms with Crippen LogP contribution in [-0.2, 0) is 40.2 Å². The number of nitrogens with zero attached hydrogens (tertiary/aromatic N) is 6. The first-order valence-electron chi connectivity index (χ1n) is 16.0. The summed E-state index contributed by atoms with van der Waals surface area (Å²) in [7, 11) is 3.08. The van der Waals surface area contributed by atoms with Crippen LogP contribution in [-0.4, -0.2) is 68.1 Å². The fourth-order valence-electron chi connectivity index (χ4n) is 6.81. The van der Waals surface area contributed by atoms with Crippen molar-refractivity contribution in [2.75, 3.05) is 12.0 Å². The number of benzene rings is 1. The SMILES string of the molecule is COC(=O)[C@H]1CC[C@H](OC(=O)N2[C@H](C)C[C@H](N(Cc3cc(C(F)(F)F)cc(C(F)(F)F)c3)c3ncc(-c4cnn(C)c4)cn3)C[C@@H]2C)CC1. The lowest BCUT2D eigenvalue weighted by atomic mass is 9.87. The van der Waals surface area contributed by atoms with Gasteiger partial charge in [0.15, 0.2) is 0 Å². The number of halogens is 6. The predicted octanol–water partition coefficient (Wildman–Crippen LogP) is 7.03. The number of rotatable bonds is 7. The molecule has 10 nitrogen and oxygen atoms in total. The summed E-state index contributed by atoms with van der Waals surface area (Å²) in [5.41, 5.74) is -1.70. The molecule has 2 aromatic heterocycles. The Morgan fingerprint density at radius 1 is 0.878 bits per heavy atom. The molecule has 1 aliphatic carbocycles. The van der Waals surface area contributed by atoms with E-state index in [0.717, 1.165) is 5.56 Å². The van der Waals surface area contributed by atoms with Crippen LogP contribution in [0.5, 0.6) is 0 Å². The molecule has 3 atom stereocenters. The molecule has 2 fully saturated rings. The number of likely N-dealkylation sites (tertiary alicyclic amines) is 1. The van der Waals surface area contributed by atoms with E-state index in [1.54, 1.807) is 33.9 Å². The van der Waals surface area contributed by atoms with E-state index in [9.17, 15) is 35.9 Å². The van der Waals surface area contributed by atoms with E-state index in [4.69, 9.17) is 9.47 Å². The minimum Gasteiger partial charge on any atom is -0.469 e. The molecule has 1 saturated carbocycles. The third kappa shape index (κ3) is 8.44. The van der Waals surface area contributed by atoms with Crippen molar-refractivity contribution in [3.05, 3.63) is 59.7 Å². The first-order chi connectivity index (χ1) is 23.0. The molecule has 0 bridgehead atoms. The van der Waals surface area contributed by atoms with Gasteiger partial charge in [0.1, 0.15) is 6.10 Å². The van der Waals surface area contributed by atoms with Crippen molar-refractivity contribution in [1.29, 1.82) is 0 Å². The van der Waals surface area contributed by atoms with Crippen molar-refractivity contribution < 1.29 is 45.4 Å². The number of aromatic nitrogens is 4. The van der Waals surface area contributed by atoms with Crippen molar-refractivity contribution in [1.82, 2.24) is 24.6 Å². The van der Waals surface area contributed by atoms with Crippen LogP contribution in [0.3, 0.4) is 0 Å². The number of esters is 1. The van der Waals surface area contributed by atoms with Crippen LogP contribution >= 0.6 is 0 Å². The van der Waals surface area contributed by atoms with Crippen molar-refractivity contribution in [2.24, 2.45) is 13.0 Å². The Morgan fingerprint density at radius 2 is 1.45 bits per heavy atom. The summed E-state index contributed by atoms with van der Waals surface area (Å²) in [4.78, 5) is 37.4. The fraction of sp³-hybridized carbons (Fsp3) is 0.545. The summed E-state index contributed by atoms with van der Waals surface area (Å²) in [6, 6.07) is 0.247. The van der Waals surface area contributed by atoms with Gasteiger partial charge in [0, 0.05) is 61.4 Å². The Balaban J connectivity index is 1.39. The predicted molar refractivity (Wildman–Crippen MR) is 165 cm³/mol. The number of hydrogen-bond donors (Lipinski definition) is 0. The van der Waals surface area contributed by atoms with Gasteiger partial charge in [-0.3, -0.25) is 9.48 Å². The van der Waals surface area contributed by atoms with Crippen LogP contribution in [0.1, 0.15) is 69.1 Å². The lowest BCUT2D eigenvalue weighted by Crippen LogP contribution is -2.56. The van der Waals surface area contributed by atoms with Gasteiger partial charge in [0.25, 0.3) is 0 Å². The average molecular weight is 697 g/mol. The van der Waals surface area contributed by atoms with Crippen LogP contribution in [0.15, 0.2) is 43.0 Å². The lowest BCUT2D eigenvalue weighted by molar-refractivity contribution is -0.147. The number of anilines is 1. The monoisotopic (exact) mass is 696 g/mol. The van der Waals surface area contributed by atoms with E-state index >= 15 is 0 Å². The van der Waals surface area contributed by atoms with Crippen molar-refractivity contribution in [3.63, 3.8) is 0 Å². The first kappa shape index (κ1) is 35.9. The summed E-state index contributed by atoms with van der Waals surface area (Å²) in [6.45, 7) is 3.28. The number of aryl methyl sites for hydroxylation is 1. The van der Waals surface area contributed by atoms with Gasteiger partial charge < -0.3 is 19.3 Å². The van der Waals surface area contributed by atoms with Crippen LogP contribution in [0.25, 0.3) is 11.1 Å². The fourth-order valence-corrected chi connectivity index (χ4v) is 6.81. The van der Waals surface area contributed by atoms with Crippen molar-refractivity contribution in [2.45, 2.75) is 95.5 Å². The molecule has 0 unspecified atom stereocenters. The maximum absolute atomic E-state index is 13.7. The van der Waals surface area contributed by atoms with Crippen molar-refractivity contribution >= 4 is 18.0 Å². The van der Waals surface area contributed by atoms with Gasteiger partial charge in [-0.2, -0.15) is 31.4 Å². The molecule has 3 aromatic rings. The number of alkyl halides is 6. The molecule has 5 rings (SSSR count). The minimum absolute atomic E-state index is 0.100. The molecule has 1 aliphatic heterocycles. The number of ether oxygens (including phenoxy) is 2. The standard InChI is InChI=1S/C33H38F6N6O4/c1-19-9-27(10-20(2)45(19)31(47)49-28-7-5-22(6-8-28)29(46)48-4)44(30-40-14-23(15-41-30)24-16-42-43(3)18-24)17-21-11-25(32(34,35)36)13-26(12-21)33(37,38)39/h11-16,18-20,22,27-28H,5-10,17H2,1-4H3/t19-,20+,22-,27+,28-. The Kier molecular flexibility index (Phi) is 10.4. The summed E-state index contributed by atoms with van der Waals surface area (Å²) >= 11 is 0. The number of hydrogen-bond acceptors (Lipinski definition) is 8. The van der Waals surface area contributed by atoms with Crippen LogP contribution < -0.4 is 4.90 Å². The summed E-state index contributed by atoms with van der Waals surface area (Å²) < 4.78 is 94.7. The quantitative estimate of drug-likeness (QED) is 0.192. The molecule has 49 heavy (non-hydrogen) atoms. The zero-order valence-electron chi connectivity index (χ0n) is 27.5. The highest BCUT2D eigenvalue weighted by atomic mass is 19.4. The Bertz CT molecular complexity index is 1580. The molecule has 1 amide bonds. The van der Waals surface area contributed by atoms with E-state index in [2.05, 4.69) is 15.1 Å². The second kappa shape index (κ2) is 14.2. The summed E-state index contributed by atoms with van der Waals surface area (Å²) in [5.74, 6) is -0.403. The maximum Gasteiger partial charge on any atom is 0.416 e. The van der Waals surface area contributed by atoms with Gasteiger partial charge in [-0.1, -0.05) is 0 Å². The van der Waals surface area contributed by atoms with Gasteiger partial charge in [-0.25, -0.2) is 14.8 Å². The normalized spacial score (nSPS) is 23.2. The van der Waals surface area contributed by atoms with Crippen molar-refractivity contribution in [3.8, 4) is 11.1 Å². The highest BCUT2D eigenvalue weighted by molar-refractivity contribution is 5.72. The Hall–Kier alpha value is -4.37. The van der Waals surface area contributed by atoms with E-state index in [1.165, 1.54) is 19.5 Å². The molecule has 3 heterocycles. The van der Waals surface area contributed by atoms with Crippen LogP contribution in [0, 0.1) is 5.92 Å². The third-order valence-corrected chi connectivity index (χ3v) is 9.24. The van der Waals surface area contributed by atoms with Gasteiger partial charge in [0.05, 0.1) is 30.4 Å². The summed E-state index contributed by atoms with van der Waals surface area (Å²) in [5, 5.41) is 4.13. The molecule has 0 spiro atoms. The zero-order valence-corrected chi connectivity index (χ0v) is 27.5. The van der Waals surface area contributed by atoms with Gasteiger partial charge >= 0.3 is 24.4 Å². The lowest BCUT2D eigenvalue weighted by Gasteiger charge is -2.46. The largest absolute Gasteiger partial charge is 0.469 e. The van der Waals surface area contributed by atoms with Gasteiger partial charge in [0.2, 0.25) is 5.95 Å². The second-order valence-electron chi connectivity index (χ2n) is 12.8. The van der Waals surface area contributed by atoms with E-state index in [0.29, 0.717) is 56.2 Å². The third-order valence-electron chi connectivity index (χ3n) is 9.24. The highest BCUT2D eigenvalue weighted by Gasteiger charge is 2.41. The topological polar surface area (TPSA) is 103 Å². The number of methoxy groups -OCH3 is 1. The molecule has 2 aliphatic rings. The molecule has 1 aromatic carbocycles. The number of piperidine rings is 1. The van der Waals surface area contributed by atoms with Gasteiger partial charge in [-0.15, -0.1) is 0 Å². The van der Waals surface area contributed by atoms with E-state index in [-0.39, 0.29) is 42.1 Å².